The van der Waals surface area contributed by atoms with E-state index < -0.39 is 0 Å². The van der Waals surface area contributed by atoms with Crippen LogP contribution in [0.2, 0.25) is 0 Å². The molecule has 0 radical (unpaired) electrons. The van der Waals surface area contributed by atoms with Crippen LogP contribution in [0.3, 0.4) is 0 Å². The van der Waals surface area contributed by atoms with Gasteiger partial charge in [0, 0.05) is 13.0 Å². The van der Waals surface area contributed by atoms with Gasteiger partial charge in [-0.15, -0.1) is 0 Å². The zero-order valence-corrected chi connectivity index (χ0v) is 9.87. The number of rotatable bonds is 5. The summed E-state index contributed by atoms with van der Waals surface area (Å²) < 4.78 is 5.79. The summed E-state index contributed by atoms with van der Waals surface area (Å²) in [4.78, 5) is 10.7. The van der Waals surface area contributed by atoms with Crippen molar-refractivity contribution in [2.75, 3.05) is 6.61 Å². The molecule has 1 fully saturated rings. The fourth-order valence-electron chi connectivity index (χ4n) is 2.10. The maximum absolute atomic E-state index is 10.7. The van der Waals surface area contributed by atoms with Crippen LogP contribution in [0.25, 0.3) is 0 Å². The highest BCUT2D eigenvalue weighted by Gasteiger charge is 2.19. The predicted molar refractivity (Wildman–Crippen MR) is 60.3 cm³/mol. The summed E-state index contributed by atoms with van der Waals surface area (Å²) in [6.45, 7) is 4.98. The van der Waals surface area contributed by atoms with Crippen molar-refractivity contribution >= 4 is 5.91 Å². The number of carbonyl (C=O) groups excluding carboxylic acids is 1. The molecule has 1 saturated carbocycles. The van der Waals surface area contributed by atoms with Crippen LogP contribution >= 0.6 is 0 Å². The normalized spacial score (nSPS) is 28.7. The number of primary amides is 1. The molecule has 0 spiro atoms. The SMILES string of the molecule is CC1CCC(OC[C@H](C)CC(N)=O)CC1. The lowest BCUT2D eigenvalue weighted by Gasteiger charge is -2.27. The average Bonchev–Trinajstić information content (AvgIpc) is 2.16. The van der Waals surface area contributed by atoms with Crippen LogP contribution in [-0.4, -0.2) is 18.6 Å². The topological polar surface area (TPSA) is 52.3 Å². The third kappa shape index (κ3) is 5.17. The van der Waals surface area contributed by atoms with E-state index in [0.717, 1.165) is 5.92 Å². The number of nitrogens with two attached hydrogens (primary N) is 1. The first-order valence-electron chi connectivity index (χ1n) is 5.97. The molecule has 3 nitrogen and oxygen atoms in total. The van der Waals surface area contributed by atoms with Gasteiger partial charge in [0.25, 0.3) is 0 Å². The molecule has 3 heteroatoms. The van der Waals surface area contributed by atoms with Gasteiger partial charge in [0.2, 0.25) is 5.91 Å². The molecule has 0 heterocycles. The molecule has 1 aliphatic rings. The van der Waals surface area contributed by atoms with E-state index in [2.05, 4.69) is 6.92 Å². The minimum absolute atomic E-state index is 0.233. The summed E-state index contributed by atoms with van der Waals surface area (Å²) in [6.07, 6.45) is 5.73. The molecule has 2 N–H and O–H groups in total. The molecule has 0 aromatic carbocycles. The first-order chi connectivity index (χ1) is 7.08. The number of hydrogen-bond acceptors (Lipinski definition) is 2. The molecule has 0 unspecified atom stereocenters. The van der Waals surface area contributed by atoms with Gasteiger partial charge in [-0.25, -0.2) is 0 Å². The summed E-state index contributed by atoms with van der Waals surface area (Å²) in [6, 6.07) is 0. The van der Waals surface area contributed by atoms with Crippen LogP contribution in [0, 0.1) is 11.8 Å². The van der Waals surface area contributed by atoms with E-state index in [4.69, 9.17) is 10.5 Å². The number of carbonyl (C=O) groups is 1. The lowest BCUT2D eigenvalue weighted by Crippen LogP contribution is -2.24. The highest BCUT2D eigenvalue weighted by molar-refractivity contribution is 5.73. The summed E-state index contributed by atoms with van der Waals surface area (Å²) in [5.41, 5.74) is 5.13. The van der Waals surface area contributed by atoms with Crippen molar-refractivity contribution in [3.8, 4) is 0 Å². The molecule has 15 heavy (non-hydrogen) atoms. The molecule has 0 aromatic heterocycles. The fourth-order valence-corrected chi connectivity index (χ4v) is 2.10. The fraction of sp³-hybridized carbons (Fsp3) is 0.917. The zero-order valence-electron chi connectivity index (χ0n) is 9.87. The quantitative estimate of drug-likeness (QED) is 0.760. The van der Waals surface area contributed by atoms with Gasteiger partial charge in [0.15, 0.2) is 0 Å². The van der Waals surface area contributed by atoms with Crippen molar-refractivity contribution in [2.24, 2.45) is 17.6 Å². The smallest absolute Gasteiger partial charge is 0.217 e. The molecule has 0 aromatic rings. The standard InChI is InChI=1S/C12H23NO2/c1-9-3-5-11(6-4-9)15-8-10(2)7-12(13)14/h9-11H,3-8H2,1-2H3,(H2,13,14)/t9?,10-,11?/m1/s1. The third-order valence-corrected chi connectivity index (χ3v) is 3.13. The molecular formula is C12H23NO2. The molecule has 0 aliphatic heterocycles. The molecule has 1 amide bonds. The Hall–Kier alpha value is -0.570. The Morgan fingerprint density at radius 2 is 2.00 bits per heavy atom. The Labute approximate surface area is 92.4 Å². The van der Waals surface area contributed by atoms with Crippen LogP contribution in [-0.2, 0) is 9.53 Å². The monoisotopic (exact) mass is 213 g/mol. The Bertz CT molecular complexity index is 198. The molecule has 88 valence electrons. The maximum Gasteiger partial charge on any atom is 0.217 e. The first kappa shape index (κ1) is 12.5. The average molecular weight is 213 g/mol. The highest BCUT2D eigenvalue weighted by atomic mass is 16.5. The second-order valence-corrected chi connectivity index (χ2v) is 4.99. The van der Waals surface area contributed by atoms with E-state index >= 15 is 0 Å². The number of ether oxygens (including phenoxy) is 1. The zero-order chi connectivity index (χ0) is 11.3. The van der Waals surface area contributed by atoms with E-state index in [9.17, 15) is 4.79 Å². The van der Waals surface area contributed by atoms with E-state index in [1.807, 2.05) is 6.92 Å². The second-order valence-electron chi connectivity index (χ2n) is 4.99. The summed E-state index contributed by atoms with van der Waals surface area (Å²) in [5, 5.41) is 0. The van der Waals surface area contributed by atoms with Crippen molar-refractivity contribution in [2.45, 2.75) is 52.1 Å². The van der Waals surface area contributed by atoms with Crippen LogP contribution in [0.4, 0.5) is 0 Å². The summed E-state index contributed by atoms with van der Waals surface area (Å²) in [7, 11) is 0. The van der Waals surface area contributed by atoms with Crippen molar-refractivity contribution in [1.29, 1.82) is 0 Å². The lowest BCUT2D eigenvalue weighted by atomic mass is 9.89. The Kier molecular flexibility index (Phi) is 5.09. The van der Waals surface area contributed by atoms with Gasteiger partial charge in [-0.3, -0.25) is 4.79 Å². The second kappa shape index (κ2) is 6.11. The number of hydrogen-bond donors (Lipinski definition) is 1. The molecule has 1 rings (SSSR count). The molecule has 1 aliphatic carbocycles. The Morgan fingerprint density at radius 1 is 1.40 bits per heavy atom. The maximum atomic E-state index is 10.7. The van der Waals surface area contributed by atoms with Gasteiger partial charge in [-0.05, 0) is 37.5 Å². The summed E-state index contributed by atoms with van der Waals surface area (Å²) in [5.74, 6) is 0.873. The highest BCUT2D eigenvalue weighted by Crippen LogP contribution is 2.25. The van der Waals surface area contributed by atoms with E-state index in [0.29, 0.717) is 19.1 Å². The van der Waals surface area contributed by atoms with E-state index in [1.165, 1.54) is 25.7 Å². The number of amides is 1. The molecule has 1 atom stereocenters. The van der Waals surface area contributed by atoms with E-state index in [1.54, 1.807) is 0 Å². The van der Waals surface area contributed by atoms with Gasteiger partial charge in [-0.1, -0.05) is 13.8 Å². The lowest BCUT2D eigenvalue weighted by molar-refractivity contribution is -0.119. The Balaban J connectivity index is 2.11. The van der Waals surface area contributed by atoms with Crippen LogP contribution in [0.15, 0.2) is 0 Å². The summed E-state index contributed by atoms with van der Waals surface area (Å²) >= 11 is 0. The van der Waals surface area contributed by atoms with Crippen molar-refractivity contribution < 1.29 is 9.53 Å². The third-order valence-electron chi connectivity index (χ3n) is 3.13. The van der Waals surface area contributed by atoms with Crippen molar-refractivity contribution in [1.82, 2.24) is 0 Å². The minimum Gasteiger partial charge on any atom is -0.378 e. The van der Waals surface area contributed by atoms with Gasteiger partial charge in [0.05, 0.1) is 6.10 Å². The van der Waals surface area contributed by atoms with Crippen LogP contribution in [0.1, 0.15) is 46.0 Å². The van der Waals surface area contributed by atoms with Crippen molar-refractivity contribution in [3.63, 3.8) is 0 Å². The predicted octanol–water partition coefficient (Wildman–Crippen LogP) is 2.09. The van der Waals surface area contributed by atoms with Gasteiger partial charge >= 0.3 is 0 Å². The Morgan fingerprint density at radius 3 is 2.53 bits per heavy atom. The van der Waals surface area contributed by atoms with Gasteiger partial charge in [-0.2, -0.15) is 0 Å². The van der Waals surface area contributed by atoms with Gasteiger partial charge in [0.1, 0.15) is 0 Å². The van der Waals surface area contributed by atoms with E-state index in [-0.39, 0.29) is 11.8 Å². The van der Waals surface area contributed by atoms with Gasteiger partial charge < -0.3 is 10.5 Å². The van der Waals surface area contributed by atoms with Crippen LogP contribution in [0.5, 0.6) is 0 Å². The minimum atomic E-state index is -0.233. The largest absolute Gasteiger partial charge is 0.378 e. The first-order valence-corrected chi connectivity index (χ1v) is 5.97. The van der Waals surface area contributed by atoms with Crippen LogP contribution < -0.4 is 5.73 Å². The van der Waals surface area contributed by atoms with Crippen molar-refractivity contribution in [3.05, 3.63) is 0 Å². The molecule has 0 saturated heterocycles. The molecular weight excluding hydrogens is 190 g/mol. The molecule has 0 bridgehead atoms.